The van der Waals surface area contributed by atoms with Crippen molar-refractivity contribution in [2.24, 2.45) is 0 Å². The molecule has 0 aliphatic heterocycles. The molecule has 7 heteroatoms. The van der Waals surface area contributed by atoms with Crippen LogP contribution in [-0.4, -0.2) is 24.1 Å². The number of carbonyl (C=O) groups is 1. The van der Waals surface area contributed by atoms with Crippen molar-refractivity contribution in [1.29, 1.82) is 0 Å². The quantitative estimate of drug-likeness (QED) is 0.631. The van der Waals surface area contributed by atoms with Crippen molar-refractivity contribution >= 4 is 32.2 Å². The van der Waals surface area contributed by atoms with Crippen molar-refractivity contribution in [2.45, 2.75) is 41.7 Å². The summed E-state index contributed by atoms with van der Waals surface area (Å²) in [5.74, 6) is -0.473. The topological polar surface area (TPSA) is 76.1 Å². The molecule has 0 bridgehead atoms. The average Bonchev–Trinajstić information content (AvgIpc) is 3.40. The molecule has 0 spiro atoms. The lowest BCUT2D eigenvalue weighted by molar-refractivity contribution is -0.118. The van der Waals surface area contributed by atoms with Crippen LogP contribution in [0.15, 0.2) is 71.8 Å². The molecule has 1 amide bonds. The van der Waals surface area contributed by atoms with Crippen LogP contribution in [0.25, 0.3) is 0 Å². The summed E-state index contributed by atoms with van der Waals surface area (Å²) in [6, 6.07) is 18.3. The highest BCUT2D eigenvalue weighted by Gasteiger charge is 2.53. The Bertz CT molecular complexity index is 1090. The summed E-state index contributed by atoms with van der Waals surface area (Å²) in [5.41, 5.74) is 1.16. The van der Waals surface area contributed by atoms with Gasteiger partial charge in [-0.3, -0.25) is 4.79 Å². The van der Waals surface area contributed by atoms with Crippen LogP contribution in [0, 0.1) is 0 Å². The molecule has 1 aromatic heterocycles. The molecule has 1 N–H and O–H groups in total. The molecule has 0 radical (unpaired) electrons. The summed E-state index contributed by atoms with van der Waals surface area (Å²) in [6.07, 6.45) is 4.56. The number of nitrogens with one attached hydrogen (secondary N) is 1. The lowest BCUT2D eigenvalue weighted by atomic mass is 10.1. The van der Waals surface area contributed by atoms with Gasteiger partial charge in [0.2, 0.25) is 5.91 Å². The Morgan fingerprint density at radius 1 is 1.00 bits per heavy atom. The van der Waals surface area contributed by atoms with E-state index in [0.717, 1.165) is 29.7 Å². The Morgan fingerprint density at radius 3 is 2.28 bits per heavy atom. The first-order valence-corrected chi connectivity index (χ1v) is 11.9. The fourth-order valence-electron chi connectivity index (χ4n) is 3.84. The maximum absolute atomic E-state index is 13.4. The highest BCUT2D eigenvalue weighted by atomic mass is 32.2. The Morgan fingerprint density at radius 2 is 1.62 bits per heavy atom. The van der Waals surface area contributed by atoms with Crippen molar-refractivity contribution in [2.75, 3.05) is 5.32 Å². The average molecular weight is 427 g/mol. The number of hydrogen-bond donors (Lipinski definition) is 1. The van der Waals surface area contributed by atoms with Crippen LogP contribution in [-0.2, 0) is 21.1 Å². The van der Waals surface area contributed by atoms with Crippen molar-refractivity contribution in [3.63, 3.8) is 0 Å². The van der Waals surface area contributed by atoms with E-state index in [0.29, 0.717) is 18.0 Å². The largest absolute Gasteiger partial charge is 0.301 e. The predicted molar refractivity (Wildman–Crippen MR) is 115 cm³/mol. The number of nitrogens with zero attached hydrogens (tertiary/aromatic N) is 1. The van der Waals surface area contributed by atoms with Crippen molar-refractivity contribution < 1.29 is 13.2 Å². The van der Waals surface area contributed by atoms with Gasteiger partial charge < -0.3 is 5.32 Å². The Hall–Kier alpha value is -2.51. The molecule has 150 valence electrons. The van der Waals surface area contributed by atoms with Gasteiger partial charge in [-0.15, -0.1) is 11.3 Å². The van der Waals surface area contributed by atoms with Gasteiger partial charge in [0.25, 0.3) is 0 Å². The Kier molecular flexibility index (Phi) is 5.52. The van der Waals surface area contributed by atoms with Crippen molar-refractivity contribution in [1.82, 2.24) is 4.98 Å². The molecule has 0 unspecified atom stereocenters. The van der Waals surface area contributed by atoms with Crippen LogP contribution in [0.1, 0.15) is 36.1 Å². The van der Waals surface area contributed by atoms with Gasteiger partial charge in [0.15, 0.2) is 19.7 Å². The highest BCUT2D eigenvalue weighted by Crippen LogP contribution is 2.41. The maximum atomic E-state index is 13.4. The number of hydrogen-bond acceptors (Lipinski definition) is 5. The molecule has 3 aromatic rings. The van der Waals surface area contributed by atoms with Crippen LogP contribution < -0.4 is 5.32 Å². The van der Waals surface area contributed by atoms with E-state index < -0.39 is 20.5 Å². The summed E-state index contributed by atoms with van der Waals surface area (Å²) in [5, 5.41) is 3.24. The number of carbonyl (C=O) groups excluding carboxylic acids is 1. The summed E-state index contributed by atoms with van der Waals surface area (Å²) in [6.45, 7) is 0. The predicted octanol–water partition coefficient (Wildman–Crippen LogP) is 4.46. The third-order valence-electron chi connectivity index (χ3n) is 5.39. The Balaban J connectivity index is 1.56. The zero-order valence-electron chi connectivity index (χ0n) is 15.9. The number of rotatable bonds is 6. The van der Waals surface area contributed by atoms with Gasteiger partial charge in [-0.05, 0) is 30.5 Å². The maximum Gasteiger partial charge on any atom is 0.248 e. The van der Waals surface area contributed by atoms with E-state index in [9.17, 15) is 13.2 Å². The molecule has 0 atom stereocenters. The summed E-state index contributed by atoms with van der Waals surface area (Å²) >= 11 is 1.38. The monoisotopic (exact) mass is 426 g/mol. The minimum absolute atomic E-state index is 0.195. The normalized spacial score (nSPS) is 15.9. The molecule has 5 nitrogen and oxygen atoms in total. The second kappa shape index (κ2) is 8.08. The number of sulfone groups is 1. The van der Waals surface area contributed by atoms with Gasteiger partial charge in [-0.1, -0.05) is 61.4 Å². The number of anilines is 1. The number of benzene rings is 2. The molecule has 1 fully saturated rings. The fraction of sp³-hybridized carbons (Fsp3) is 0.273. The van der Waals surface area contributed by atoms with Gasteiger partial charge in [0.05, 0.1) is 4.90 Å². The van der Waals surface area contributed by atoms with Crippen LogP contribution in [0.2, 0.25) is 0 Å². The molecule has 2 aromatic carbocycles. The smallest absolute Gasteiger partial charge is 0.248 e. The van der Waals surface area contributed by atoms with Crippen LogP contribution in [0.4, 0.5) is 5.13 Å². The van der Waals surface area contributed by atoms with Crippen molar-refractivity contribution in [3.05, 3.63) is 77.3 Å². The standard InChI is InChI=1S/C22H22N2O3S2/c25-20(24-21-23-16-18(28-21)15-17-9-3-1-4-10-17)22(13-7-8-14-22)29(26,27)19-11-5-2-6-12-19/h1-6,9-12,16H,7-8,13-15H2,(H,23,24,25). The molecule has 1 aliphatic carbocycles. The molecule has 29 heavy (non-hydrogen) atoms. The number of amides is 1. The van der Waals surface area contributed by atoms with Gasteiger partial charge in [-0.25, -0.2) is 13.4 Å². The van der Waals surface area contributed by atoms with Gasteiger partial charge in [0.1, 0.15) is 0 Å². The second-order valence-electron chi connectivity index (χ2n) is 7.27. The molecule has 0 saturated heterocycles. The van der Waals surface area contributed by atoms with E-state index in [2.05, 4.69) is 10.3 Å². The third-order valence-corrected chi connectivity index (χ3v) is 8.82. The first kappa shape index (κ1) is 19.8. The molecular weight excluding hydrogens is 404 g/mol. The van der Waals surface area contributed by atoms with Crippen LogP contribution in [0.3, 0.4) is 0 Å². The van der Waals surface area contributed by atoms with Crippen LogP contribution >= 0.6 is 11.3 Å². The summed E-state index contributed by atoms with van der Waals surface area (Å²) in [7, 11) is -3.80. The zero-order valence-corrected chi connectivity index (χ0v) is 17.5. The minimum atomic E-state index is -3.80. The van der Waals surface area contributed by atoms with Gasteiger partial charge in [0, 0.05) is 17.5 Å². The van der Waals surface area contributed by atoms with Crippen molar-refractivity contribution in [3.8, 4) is 0 Å². The third kappa shape index (κ3) is 3.84. The van der Waals surface area contributed by atoms with Crippen LogP contribution in [0.5, 0.6) is 0 Å². The lowest BCUT2D eigenvalue weighted by Crippen LogP contribution is -2.47. The first-order valence-electron chi connectivity index (χ1n) is 9.61. The minimum Gasteiger partial charge on any atom is -0.301 e. The van der Waals surface area contributed by atoms with Gasteiger partial charge >= 0.3 is 0 Å². The fourth-order valence-corrected chi connectivity index (χ4v) is 6.77. The van der Waals surface area contributed by atoms with E-state index in [1.165, 1.54) is 11.3 Å². The summed E-state index contributed by atoms with van der Waals surface area (Å²) in [4.78, 5) is 18.7. The SMILES string of the molecule is O=C(Nc1ncc(Cc2ccccc2)s1)C1(S(=O)(=O)c2ccccc2)CCCC1. The lowest BCUT2D eigenvalue weighted by Gasteiger charge is -2.27. The second-order valence-corrected chi connectivity index (χ2v) is 10.6. The Labute approximate surface area is 174 Å². The van der Waals surface area contributed by atoms with E-state index in [1.807, 2.05) is 30.3 Å². The highest BCUT2D eigenvalue weighted by molar-refractivity contribution is 7.93. The number of thiazole rings is 1. The summed E-state index contributed by atoms with van der Waals surface area (Å²) < 4.78 is 25.3. The van der Waals surface area contributed by atoms with Gasteiger partial charge in [-0.2, -0.15) is 0 Å². The van der Waals surface area contributed by atoms with E-state index in [1.54, 1.807) is 36.5 Å². The van der Waals surface area contributed by atoms with E-state index >= 15 is 0 Å². The molecule has 1 saturated carbocycles. The van der Waals surface area contributed by atoms with E-state index in [-0.39, 0.29) is 4.90 Å². The number of aromatic nitrogens is 1. The van der Waals surface area contributed by atoms with E-state index in [4.69, 9.17) is 0 Å². The molecule has 4 rings (SSSR count). The zero-order chi connectivity index (χ0) is 20.3. The molecule has 1 aliphatic rings. The first-order chi connectivity index (χ1) is 14.0. The molecular formula is C22H22N2O3S2. The molecule has 1 heterocycles.